The molecule has 10 nitrogen and oxygen atoms in total. The highest BCUT2D eigenvalue weighted by atomic mass is 16.5. The van der Waals surface area contributed by atoms with Crippen LogP contribution in [0.3, 0.4) is 0 Å². The van der Waals surface area contributed by atoms with Gasteiger partial charge in [-0.25, -0.2) is 4.98 Å². The van der Waals surface area contributed by atoms with Gasteiger partial charge in [0.1, 0.15) is 12.0 Å². The molecule has 30 heavy (non-hydrogen) atoms. The number of hydrogen-bond acceptors (Lipinski definition) is 8. The lowest BCUT2D eigenvalue weighted by Gasteiger charge is -2.22. The molecule has 0 unspecified atom stereocenters. The second-order valence-corrected chi connectivity index (χ2v) is 6.71. The number of ether oxygens (including phenoxy) is 1. The first-order chi connectivity index (χ1) is 14.5. The van der Waals surface area contributed by atoms with Gasteiger partial charge in [-0.05, 0) is 31.9 Å². The molecule has 4 rings (SSSR count). The van der Waals surface area contributed by atoms with Crippen LogP contribution < -0.4 is 11.1 Å². The lowest BCUT2D eigenvalue weighted by molar-refractivity contribution is 0.0661. The Morgan fingerprint density at radius 1 is 1.37 bits per heavy atom. The minimum Gasteiger partial charge on any atom is -0.444 e. The molecule has 1 aliphatic rings. The van der Waals surface area contributed by atoms with Crippen LogP contribution in [0.25, 0.3) is 11.5 Å². The molecule has 0 bridgehead atoms. The lowest BCUT2D eigenvalue weighted by Crippen LogP contribution is -2.21. The first-order valence-corrected chi connectivity index (χ1v) is 9.50. The summed E-state index contributed by atoms with van der Waals surface area (Å²) in [6.07, 6.45) is 7.33. The number of nitrogens with two attached hydrogens (primary N) is 1. The second kappa shape index (κ2) is 9.79. The molecule has 0 aliphatic carbocycles. The Kier molecular flexibility index (Phi) is 6.91. The number of oxazole rings is 1. The molecule has 0 radical (unpaired) electrons. The van der Waals surface area contributed by atoms with E-state index in [0.717, 1.165) is 37.3 Å². The summed E-state index contributed by atoms with van der Waals surface area (Å²) in [5.41, 5.74) is 8.24. The number of primary amides is 1. The van der Waals surface area contributed by atoms with E-state index in [0.29, 0.717) is 35.3 Å². The van der Waals surface area contributed by atoms with E-state index in [1.54, 1.807) is 19.3 Å². The summed E-state index contributed by atoms with van der Waals surface area (Å²) in [6.45, 7) is 3.36. The van der Waals surface area contributed by atoms with Crippen molar-refractivity contribution in [3.8, 4) is 11.5 Å². The molecule has 0 atom stereocenters. The Bertz CT molecular complexity index is 1010. The fourth-order valence-corrected chi connectivity index (χ4v) is 3.04. The van der Waals surface area contributed by atoms with Gasteiger partial charge in [-0.2, -0.15) is 5.10 Å². The van der Waals surface area contributed by atoms with E-state index in [1.165, 1.54) is 6.26 Å². The zero-order chi connectivity index (χ0) is 21.5. The largest absolute Gasteiger partial charge is 0.444 e. The molecule has 0 aromatic carbocycles. The fourth-order valence-electron chi connectivity index (χ4n) is 3.04. The number of pyridine rings is 1. The number of anilines is 1. The van der Waals surface area contributed by atoms with Crippen molar-refractivity contribution in [2.45, 2.75) is 25.8 Å². The number of rotatable bonds is 5. The van der Waals surface area contributed by atoms with E-state index in [2.05, 4.69) is 20.4 Å². The third-order valence-corrected chi connectivity index (χ3v) is 4.59. The van der Waals surface area contributed by atoms with Gasteiger partial charge < -0.3 is 20.2 Å². The molecular formula is C20H24N6O4. The van der Waals surface area contributed by atoms with Gasteiger partial charge in [-0.1, -0.05) is 0 Å². The van der Waals surface area contributed by atoms with Crippen molar-refractivity contribution in [2.24, 2.45) is 5.73 Å². The Morgan fingerprint density at radius 2 is 2.13 bits per heavy atom. The van der Waals surface area contributed by atoms with Crippen LogP contribution in [0.4, 0.5) is 5.69 Å². The number of aryl methyl sites for hydroxylation is 1. The molecule has 4 heterocycles. The number of amides is 1. The Balaban J connectivity index is 0.000000172. The van der Waals surface area contributed by atoms with Gasteiger partial charge in [0.25, 0.3) is 5.91 Å². The Hall–Kier alpha value is -3.53. The summed E-state index contributed by atoms with van der Waals surface area (Å²) in [7, 11) is 1.75. The zero-order valence-electron chi connectivity index (χ0n) is 16.9. The van der Waals surface area contributed by atoms with Crippen molar-refractivity contribution in [3.63, 3.8) is 0 Å². The minimum atomic E-state index is -0.504. The van der Waals surface area contributed by atoms with Gasteiger partial charge in [-0.3, -0.25) is 19.3 Å². The average Bonchev–Trinajstić information content (AvgIpc) is 3.42. The van der Waals surface area contributed by atoms with Gasteiger partial charge in [0.2, 0.25) is 5.89 Å². The van der Waals surface area contributed by atoms with Crippen LogP contribution in [0.15, 0.2) is 35.2 Å². The number of carbonyl (C=O) groups excluding carboxylic acids is 2. The molecule has 1 fully saturated rings. The topological polar surface area (TPSA) is 138 Å². The molecule has 1 aliphatic heterocycles. The van der Waals surface area contributed by atoms with E-state index in [1.807, 2.05) is 23.9 Å². The third kappa shape index (κ3) is 5.09. The predicted molar refractivity (Wildman–Crippen MR) is 109 cm³/mol. The quantitative estimate of drug-likeness (QED) is 0.608. The lowest BCUT2D eigenvalue weighted by atomic mass is 10.1. The summed E-state index contributed by atoms with van der Waals surface area (Å²) in [5.74, 6) is -0.0623. The second-order valence-electron chi connectivity index (χ2n) is 6.71. The molecule has 158 valence electrons. The maximum atomic E-state index is 11.2. The molecule has 3 aromatic heterocycles. The molecule has 3 aromatic rings. The van der Waals surface area contributed by atoms with E-state index in [9.17, 15) is 9.59 Å². The molecular weight excluding hydrogens is 388 g/mol. The smallest absolute Gasteiger partial charge is 0.271 e. The maximum Gasteiger partial charge on any atom is 0.271 e. The number of carbonyl (C=O) groups is 2. The first kappa shape index (κ1) is 21.2. The van der Waals surface area contributed by atoms with Gasteiger partial charge >= 0.3 is 0 Å². The molecule has 0 spiro atoms. The third-order valence-electron chi connectivity index (χ3n) is 4.59. The van der Waals surface area contributed by atoms with Crippen molar-refractivity contribution in [2.75, 3.05) is 25.6 Å². The van der Waals surface area contributed by atoms with Crippen LogP contribution in [0.1, 0.15) is 45.6 Å². The van der Waals surface area contributed by atoms with E-state index in [-0.39, 0.29) is 0 Å². The standard InChI is InChI=1S/C10H16N4O2.C10H8N2O2/c1-12-8-6-14(13-9(8)10(11)15)7-2-4-16-5-3-7;1-7-4-8(2-3-11-7)10-12-9(5-13)6-14-10/h6-7,12H,2-5H2,1H3,(H2,11,15);2-6H,1H3. The summed E-state index contributed by atoms with van der Waals surface area (Å²) < 4.78 is 12.2. The van der Waals surface area contributed by atoms with Crippen molar-refractivity contribution in [1.29, 1.82) is 0 Å². The fraction of sp³-hybridized carbons (Fsp3) is 0.350. The van der Waals surface area contributed by atoms with Crippen LogP contribution in [-0.2, 0) is 4.74 Å². The number of aromatic nitrogens is 4. The zero-order valence-corrected chi connectivity index (χ0v) is 16.9. The van der Waals surface area contributed by atoms with Crippen molar-refractivity contribution in [1.82, 2.24) is 19.7 Å². The van der Waals surface area contributed by atoms with Gasteiger partial charge in [-0.15, -0.1) is 0 Å². The monoisotopic (exact) mass is 412 g/mol. The van der Waals surface area contributed by atoms with Gasteiger partial charge in [0.05, 0.1) is 11.7 Å². The van der Waals surface area contributed by atoms with E-state index in [4.69, 9.17) is 14.9 Å². The number of hydrogen-bond donors (Lipinski definition) is 2. The minimum absolute atomic E-state index is 0.300. The van der Waals surface area contributed by atoms with Gasteiger partial charge in [0, 0.05) is 43.9 Å². The van der Waals surface area contributed by atoms with Crippen molar-refractivity contribution < 1.29 is 18.7 Å². The van der Waals surface area contributed by atoms with E-state index >= 15 is 0 Å². The molecule has 1 amide bonds. The summed E-state index contributed by atoms with van der Waals surface area (Å²) in [6, 6.07) is 3.93. The van der Waals surface area contributed by atoms with Crippen molar-refractivity contribution in [3.05, 3.63) is 47.9 Å². The Morgan fingerprint density at radius 3 is 2.70 bits per heavy atom. The van der Waals surface area contributed by atoms with Crippen LogP contribution in [-0.4, -0.2) is 52.2 Å². The van der Waals surface area contributed by atoms with E-state index < -0.39 is 5.91 Å². The van der Waals surface area contributed by atoms with Crippen LogP contribution in [0.2, 0.25) is 0 Å². The summed E-state index contributed by atoms with van der Waals surface area (Å²) in [4.78, 5) is 29.6. The van der Waals surface area contributed by atoms with Crippen LogP contribution in [0.5, 0.6) is 0 Å². The molecule has 3 N–H and O–H groups in total. The highest BCUT2D eigenvalue weighted by Gasteiger charge is 2.20. The van der Waals surface area contributed by atoms with Crippen molar-refractivity contribution >= 4 is 17.9 Å². The summed E-state index contributed by atoms with van der Waals surface area (Å²) in [5, 5.41) is 7.15. The average molecular weight is 412 g/mol. The first-order valence-electron chi connectivity index (χ1n) is 9.50. The van der Waals surface area contributed by atoms with Gasteiger partial charge in [0.15, 0.2) is 12.0 Å². The SMILES string of the molecule is CNc1cn(C2CCOCC2)nc1C(N)=O.Cc1cc(-c2nc(C=O)co2)ccn1. The highest BCUT2D eigenvalue weighted by molar-refractivity contribution is 5.96. The predicted octanol–water partition coefficient (Wildman–Crippen LogP) is 2.23. The Labute approximate surface area is 173 Å². The number of nitrogens with zero attached hydrogens (tertiary/aromatic N) is 4. The van der Waals surface area contributed by atoms with Crippen LogP contribution >= 0.6 is 0 Å². The molecule has 10 heteroatoms. The van der Waals surface area contributed by atoms with Crippen LogP contribution in [0, 0.1) is 6.92 Å². The molecule has 0 saturated carbocycles. The number of nitrogens with one attached hydrogen (secondary N) is 1. The maximum absolute atomic E-state index is 11.2. The highest BCUT2D eigenvalue weighted by Crippen LogP contribution is 2.23. The molecule has 1 saturated heterocycles. The normalized spacial score (nSPS) is 13.9. The number of aldehydes is 1. The summed E-state index contributed by atoms with van der Waals surface area (Å²) >= 11 is 0.